The number of aromatic nitrogens is 1. The molecule has 0 N–H and O–H groups in total. The van der Waals surface area contributed by atoms with Gasteiger partial charge < -0.3 is 4.74 Å². The van der Waals surface area contributed by atoms with Crippen LogP contribution < -0.4 is 4.74 Å². The minimum atomic E-state index is 0.530. The molecule has 0 amide bonds. The monoisotopic (exact) mass is 257 g/mol. The molecule has 0 bridgehead atoms. The molecule has 1 aromatic rings. The normalized spacial score (nSPS) is 18.3. The van der Waals surface area contributed by atoms with Gasteiger partial charge >= 0.3 is 0 Å². The molecule has 1 aliphatic carbocycles. The summed E-state index contributed by atoms with van der Waals surface area (Å²) in [6, 6.07) is 4.16. The van der Waals surface area contributed by atoms with Crippen LogP contribution in [-0.2, 0) is 12.8 Å². The Bertz CT molecular complexity index is 501. The first-order valence-corrected chi connectivity index (χ1v) is 7.15. The van der Waals surface area contributed by atoms with Crippen molar-refractivity contribution in [3.63, 3.8) is 0 Å². The summed E-state index contributed by atoms with van der Waals surface area (Å²) in [7, 11) is 0. The van der Waals surface area contributed by atoms with E-state index in [0.29, 0.717) is 18.1 Å². The minimum absolute atomic E-state index is 0.530. The van der Waals surface area contributed by atoms with Gasteiger partial charge in [0, 0.05) is 12.2 Å². The second-order valence-electron chi connectivity index (χ2n) is 5.31. The van der Waals surface area contributed by atoms with Crippen molar-refractivity contribution in [1.82, 2.24) is 9.88 Å². The van der Waals surface area contributed by atoms with Crippen LogP contribution in [0, 0.1) is 11.3 Å². The minimum Gasteiger partial charge on any atom is -0.475 e. The quantitative estimate of drug-likeness (QED) is 0.827. The molecule has 1 aliphatic heterocycles. The Morgan fingerprint density at radius 2 is 2.11 bits per heavy atom. The maximum absolute atomic E-state index is 9.18. The van der Waals surface area contributed by atoms with Crippen molar-refractivity contribution >= 4 is 0 Å². The van der Waals surface area contributed by atoms with E-state index >= 15 is 0 Å². The van der Waals surface area contributed by atoms with Crippen LogP contribution in [-0.4, -0.2) is 36.1 Å². The van der Waals surface area contributed by atoms with Crippen molar-refractivity contribution in [3.05, 3.63) is 22.9 Å². The summed E-state index contributed by atoms with van der Waals surface area (Å²) < 4.78 is 5.74. The lowest BCUT2D eigenvalue weighted by Crippen LogP contribution is -2.25. The first-order valence-electron chi connectivity index (χ1n) is 7.15. The summed E-state index contributed by atoms with van der Waals surface area (Å²) in [5, 5.41) is 9.18. The summed E-state index contributed by atoms with van der Waals surface area (Å²) >= 11 is 0. The van der Waals surface area contributed by atoms with Crippen LogP contribution in [0.15, 0.2) is 6.07 Å². The fourth-order valence-corrected chi connectivity index (χ4v) is 2.92. The Balaban J connectivity index is 1.64. The van der Waals surface area contributed by atoms with E-state index in [1.54, 1.807) is 0 Å². The van der Waals surface area contributed by atoms with Gasteiger partial charge in [0.05, 0.1) is 0 Å². The molecule has 1 saturated heterocycles. The van der Waals surface area contributed by atoms with Crippen LogP contribution in [0.2, 0.25) is 0 Å². The standard InChI is InChI=1S/C15H19N3O/c16-11-13-10-12-4-3-5-14(12)17-15(13)19-9-8-18-6-1-2-7-18/h10H,1-9H2. The number of aryl methyl sites for hydroxylation is 2. The Labute approximate surface area is 114 Å². The Kier molecular flexibility index (Phi) is 3.65. The topological polar surface area (TPSA) is 49.1 Å². The van der Waals surface area contributed by atoms with Crippen molar-refractivity contribution in [2.24, 2.45) is 0 Å². The molecule has 4 heteroatoms. The Hall–Kier alpha value is -1.60. The first-order chi connectivity index (χ1) is 9.36. The zero-order valence-electron chi connectivity index (χ0n) is 11.2. The Morgan fingerprint density at radius 3 is 2.89 bits per heavy atom. The van der Waals surface area contributed by atoms with Crippen LogP contribution in [0.25, 0.3) is 0 Å². The van der Waals surface area contributed by atoms with E-state index in [0.717, 1.165) is 31.5 Å². The number of ether oxygens (including phenoxy) is 1. The lowest BCUT2D eigenvalue weighted by Gasteiger charge is -2.15. The fourth-order valence-electron chi connectivity index (χ4n) is 2.92. The van der Waals surface area contributed by atoms with Gasteiger partial charge in [0.15, 0.2) is 0 Å². The molecule has 2 heterocycles. The van der Waals surface area contributed by atoms with Crippen molar-refractivity contribution in [2.75, 3.05) is 26.2 Å². The van der Waals surface area contributed by atoms with E-state index in [9.17, 15) is 5.26 Å². The van der Waals surface area contributed by atoms with Gasteiger partial charge in [-0.25, -0.2) is 4.98 Å². The zero-order chi connectivity index (χ0) is 13.1. The molecule has 0 spiro atoms. The highest BCUT2D eigenvalue weighted by Gasteiger charge is 2.17. The van der Waals surface area contributed by atoms with Crippen molar-refractivity contribution < 1.29 is 4.74 Å². The van der Waals surface area contributed by atoms with E-state index in [-0.39, 0.29) is 0 Å². The molecule has 0 unspecified atom stereocenters. The van der Waals surface area contributed by atoms with Crippen molar-refractivity contribution in [1.29, 1.82) is 5.26 Å². The van der Waals surface area contributed by atoms with Gasteiger partial charge in [-0.15, -0.1) is 0 Å². The second kappa shape index (κ2) is 5.58. The van der Waals surface area contributed by atoms with E-state index in [4.69, 9.17) is 4.74 Å². The predicted octanol–water partition coefficient (Wildman–Crippen LogP) is 1.92. The van der Waals surface area contributed by atoms with Crippen LogP contribution in [0.3, 0.4) is 0 Å². The molecular formula is C15H19N3O. The third-order valence-electron chi connectivity index (χ3n) is 3.98. The number of pyridine rings is 1. The van der Waals surface area contributed by atoms with Crippen LogP contribution in [0.5, 0.6) is 5.88 Å². The maximum atomic E-state index is 9.18. The van der Waals surface area contributed by atoms with Gasteiger partial charge in [0.2, 0.25) is 5.88 Å². The largest absolute Gasteiger partial charge is 0.475 e. The molecular weight excluding hydrogens is 238 g/mol. The highest BCUT2D eigenvalue weighted by atomic mass is 16.5. The average Bonchev–Trinajstić information content (AvgIpc) is 3.08. The average molecular weight is 257 g/mol. The summed E-state index contributed by atoms with van der Waals surface area (Å²) in [5.41, 5.74) is 2.93. The SMILES string of the molecule is N#Cc1cc2c(nc1OCCN1CCCC1)CCC2. The lowest BCUT2D eigenvalue weighted by atomic mass is 10.1. The van der Waals surface area contributed by atoms with Gasteiger partial charge in [-0.2, -0.15) is 5.26 Å². The number of likely N-dealkylation sites (tertiary alicyclic amines) is 1. The van der Waals surface area contributed by atoms with Gasteiger partial charge in [-0.3, -0.25) is 4.90 Å². The smallest absolute Gasteiger partial charge is 0.231 e. The number of nitriles is 1. The molecule has 100 valence electrons. The first kappa shape index (κ1) is 12.4. The van der Waals surface area contributed by atoms with Gasteiger partial charge in [-0.05, 0) is 56.8 Å². The fraction of sp³-hybridized carbons (Fsp3) is 0.600. The summed E-state index contributed by atoms with van der Waals surface area (Å²) in [5.74, 6) is 0.530. The molecule has 4 nitrogen and oxygen atoms in total. The molecule has 0 atom stereocenters. The van der Waals surface area contributed by atoms with E-state index in [2.05, 4.69) is 16.0 Å². The zero-order valence-corrected chi connectivity index (χ0v) is 11.2. The van der Waals surface area contributed by atoms with Crippen molar-refractivity contribution in [2.45, 2.75) is 32.1 Å². The lowest BCUT2D eigenvalue weighted by molar-refractivity contribution is 0.231. The van der Waals surface area contributed by atoms with Gasteiger partial charge in [0.25, 0.3) is 0 Å². The van der Waals surface area contributed by atoms with Gasteiger partial charge in [0.1, 0.15) is 18.2 Å². The molecule has 3 rings (SSSR count). The van der Waals surface area contributed by atoms with Crippen LogP contribution >= 0.6 is 0 Å². The summed E-state index contributed by atoms with van der Waals surface area (Å²) in [6.45, 7) is 3.91. The maximum Gasteiger partial charge on any atom is 0.231 e. The van der Waals surface area contributed by atoms with Crippen molar-refractivity contribution in [3.8, 4) is 11.9 Å². The molecule has 0 saturated carbocycles. The van der Waals surface area contributed by atoms with Gasteiger partial charge in [-0.1, -0.05) is 0 Å². The van der Waals surface area contributed by atoms with E-state index < -0.39 is 0 Å². The highest BCUT2D eigenvalue weighted by Crippen LogP contribution is 2.26. The third kappa shape index (κ3) is 2.71. The molecule has 2 aliphatic rings. The van der Waals surface area contributed by atoms with Crippen LogP contribution in [0.1, 0.15) is 36.1 Å². The summed E-state index contributed by atoms with van der Waals surface area (Å²) in [6.07, 6.45) is 5.79. The number of hydrogen-bond donors (Lipinski definition) is 0. The third-order valence-corrected chi connectivity index (χ3v) is 3.98. The molecule has 0 aromatic carbocycles. The predicted molar refractivity (Wildman–Crippen MR) is 72.1 cm³/mol. The Morgan fingerprint density at radius 1 is 1.26 bits per heavy atom. The van der Waals surface area contributed by atoms with E-state index in [1.807, 2.05) is 6.07 Å². The molecule has 19 heavy (non-hydrogen) atoms. The molecule has 1 aromatic heterocycles. The number of rotatable bonds is 4. The molecule has 1 fully saturated rings. The number of hydrogen-bond acceptors (Lipinski definition) is 4. The number of nitrogens with zero attached hydrogens (tertiary/aromatic N) is 3. The number of fused-ring (bicyclic) bond motifs is 1. The highest BCUT2D eigenvalue weighted by molar-refractivity contribution is 5.44. The second-order valence-corrected chi connectivity index (χ2v) is 5.31. The molecule has 0 radical (unpaired) electrons. The summed E-state index contributed by atoms with van der Waals surface area (Å²) in [4.78, 5) is 6.93. The van der Waals surface area contributed by atoms with E-state index in [1.165, 1.54) is 31.5 Å². The van der Waals surface area contributed by atoms with Crippen LogP contribution in [0.4, 0.5) is 0 Å².